The number of hydrogen-bond acceptors (Lipinski definition) is 3. The molecule has 1 aromatic heterocycles. The smallest absolute Gasteiger partial charge is 0.232 e. The third-order valence-corrected chi connectivity index (χ3v) is 2.42. The molecule has 0 radical (unpaired) electrons. The number of aryl methyl sites for hydroxylation is 1. The average Bonchev–Trinajstić information content (AvgIpc) is 2.75. The fourth-order valence-electron chi connectivity index (χ4n) is 1.62. The van der Waals surface area contributed by atoms with Crippen LogP contribution in [-0.2, 0) is 11.8 Å². The minimum atomic E-state index is -0.123. The van der Waals surface area contributed by atoms with E-state index in [2.05, 4.69) is 10.4 Å². The van der Waals surface area contributed by atoms with Gasteiger partial charge in [-0.25, -0.2) is 0 Å². The molecular weight excluding hydrogens is 192 g/mol. The highest BCUT2D eigenvalue weighted by Crippen LogP contribution is 2.17. The second-order valence-corrected chi connectivity index (χ2v) is 3.75. The molecule has 15 heavy (non-hydrogen) atoms. The summed E-state index contributed by atoms with van der Waals surface area (Å²) in [5.41, 5.74) is 5.67. The van der Waals surface area contributed by atoms with Gasteiger partial charge in [-0.05, 0) is 6.42 Å². The molecule has 1 aliphatic rings. The number of rotatable bonds is 2. The summed E-state index contributed by atoms with van der Waals surface area (Å²) >= 11 is 0. The first-order valence-corrected chi connectivity index (χ1v) is 4.89. The molecule has 2 rings (SSSR count). The van der Waals surface area contributed by atoms with E-state index in [-0.39, 0.29) is 17.9 Å². The first-order valence-electron chi connectivity index (χ1n) is 4.89. The van der Waals surface area contributed by atoms with E-state index < -0.39 is 0 Å². The van der Waals surface area contributed by atoms with Gasteiger partial charge in [0.15, 0.2) is 5.82 Å². The van der Waals surface area contributed by atoms with Gasteiger partial charge in [-0.15, -0.1) is 0 Å². The molecule has 1 aromatic rings. The molecule has 0 saturated heterocycles. The van der Waals surface area contributed by atoms with E-state index in [9.17, 15) is 4.79 Å². The van der Waals surface area contributed by atoms with Crippen molar-refractivity contribution in [2.24, 2.45) is 18.7 Å². The van der Waals surface area contributed by atoms with Crippen molar-refractivity contribution in [2.45, 2.75) is 12.5 Å². The van der Waals surface area contributed by atoms with Crippen LogP contribution in [0.5, 0.6) is 0 Å². The first-order chi connectivity index (χ1) is 7.15. The SMILES string of the molecule is Cn1ccc(NC(=O)C2C=CC(N)C2)n1. The van der Waals surface area contributed by atoms with Crippen molar-refractivity contribution in [3.05, 3.63) is 24.4 Å². The summed E-state index contributed by atoms with van der Waals surface area (Å²) in [6.07, 6.45) is 6.18. The van der Waals surface area contributed by atoms with Gasteiger partial charge in [-0.1, -0.05) is 12.2 Å². The van der Waals surface area contributed by atoms with Crippen LogP contribution in [0.1, 0.15) is 6.42 Å². The summed E-state index contributed by atoms with van der Waals surface area (Å²) in [5.74, 6) is 0.413. The molecule has 1 amide bonds. The van der Waals surface area contributed by atoms with Gasteiger partial charge < -0.3 is 11.1 Å². The minimum Gasteiger partial charge on any atom is -0.324 e. The Labute approximate surface area is 87.9 Å². The van der Waals surface area contributed by atoms with E-state index >= 15 is 0 Å². The number of nitrogens with two attached hydrogens (primary N) is 1. The van der Waals surface area contributed by atoms with Crippen LogP contribution in [0.2, 0.25) is 0 Å². The number of anilines is 1. The van der Waals surface area contributed by atoms with Crippen molar-refractivity contribution < 1.29 is 4.79 Å². The van der Waals surface area contributed by atoms with Gasteiger partial charge in [0, 0.05) is 25.4 Å². The van der Waals surface area contributed by atoms with Crippen molar-refractivity contribution in [3.63, 3.8) is 0 Å². The lowest BCUT2D eigenvalue weighted by Crippen LogP contribution is -2.24. The Kier molecular flexibility index (Phi) is 2.55. The molecule has 0 saturated carbocycles. The summed E-state index contributed by atoms with van der Waals surface area (Å²) in [7, 11) is 1.81. The van der Waals surface area contributed by atoms with E-state index in [4.69, 9.17) is 5.73 Å². The Bertz CT molecular complexity index is 396. The molecule has 0 aliphatic heterocycles. The van der Waals surface area contributed by atoms with E-state index in [0.717, 1.165) is 0 Å². The minimum absolute atomic E-state index is 0.00415. The molecule has 0 aromatic carbocycles. The fourth-order valence-corrected chi connectivity index (χ4v) is 1.62. The standard InChI is InChI=1S/C10H14N4O/c1-14-5-4-9(13-14)12-10(15)7-2-3-8(11)6-7/h2-5,7-8H,6,11H2,1H3,(H,12,13,15). The molecule has 3 N–H and O–H groups in total. The van der Waals surface area contributed by atoms with Gasteiger partial charge in [-0.3, -0.25) is 9.48 Å². The predicted octanol–water partition coefficient (Wildman–Crippen LogP) is 0.262. The lowest BCUT2D eigenvalue weighted by molar-refractivity contribution is -0.118. The van der Waals surface area contributed by atoms with Crippen molar-refractivity contribution >= 4 is 11.7 Å². The number of aromatic nitrogens is 2. The summed E-state index contributed by atoms with van der Waals surface area (Å²) in [6, 6.07) is 1.76. The van der Waals surface area contributed by atoms with Crippen LogP contribution in [-0.4, -0.2) is 21.7 Å². The Morgan fingerprint density at radius 3 is 3.00 bits per heavy atom. The zero-order valence-corrected chi connectivity index (χ0v) is 8.55. The monoisotopic (exact) mass is 206 g/mol. The Morgan fingerprint density at radius 2 is 2.47 bits per heavy atom. The average molecular weight is 206 g/mol. The van der Waals surface area contributed by atoms with E-state index in [1.165, 1.54) is 0 Å². The summed E-state index contributed by atoms with van der Waals surface area (Å²) in [6.45, 7) is 0. The third kappa shape index (κ3) is 2.24. The summed E-state index contributed by atoms with van der Waals surface area (Å²) in [5, 5.41) is 6.82. The molecule has 0 spiro atoms. The Morgan fingerprint density at radius 1 is 1.67 bits per heavy atom. The highest BCUT2D eigenvalue weighted by molar-refractivity contribution is 5.93. The van der Waals surface area contributed by atoms with Gasteiger partial charge in [0.05, 0.1) is 5.92 Å². The van der Waals surface area contributed by atoms with Crippen LogP contribution in [0, 0.1) is 5.92 Å². The first kappa shape index (κ1) is 9.92. The van der Waals surface area contributed by atoms with Crippen molar-refractivity contribution in [2.75, 3.05) is 5.32 Å². The number of carbonyl (C=O) groups is 1. The Balaban J connectivity index is 1.96. The van der Waals surface area contributed by atoms with Gasteiger partial charge in [0.25, 0.3) is 0 Å². The number of nitrogens with zero attached hydrogens (tertiary/aromatic N) is 2. The number of hydrogen-bond donors (Lipinski definition) is 2. The van der Waals surface area contributed by atoms with Gasteiger partial charge in [0.2, 0.25) is 5.91 Å². The normalized spacial score (nSPS) is 24.4. The van der Waals surface area contributed by atoms with Crippen LogP contribution in [0.4, 0.5) is 5.82 Å². The third-order valence-electron chi connectivity index (χ3n) is 2.42. The Hall–Kier alpha value is -1.62. The topological polar surface area (TPSA) is 72.9 Å². The molecule has 2 unspecified atom stereocenters. The van der Waals surface area contributed by atoms with Crippen LogP contribution in [0.25, 0.3) is 0 Å². The highest BCUT2D eigenvalue weighted by atomic mass is 16.1. The molecule has 2 atom stereocenters. The quantitative estimate of drug-likeness (QED) is 0.682. The van der Waals surface area contributed by atoms with Gasteiger partial charge in [0.1, 0.15) is 0 Å². The molecule has 5 nitrogen and oxygen atoms in total. The summed E-state index contributed by atoms with van der Waals surface area (Å²) in [4.78, 5) is 11.7. The zero-order chi connectivity index (χ0) is 10.8. The van der Waals surface area contributed by atoms with E-state index in [1.807, 2.05) is 12.2 Å². The van der Waals surface area contributed by atoms with Crippen LogP contribution in [0.3, 0.4) is 0 Å². The van der Waals surface area contributed by atoms with Crippen LogP contribution < -0.4 is 11.1 Å². The van der Waals surface area contributed by atoms with Crippen molar-refractivity contribution in [3.8, 4) is 0 Å². The summed E-state index contributed by atoms with van der Waals surface area (Å²) < 4.78 is 1.64. The maximum absolute atomic E-state index is 11.7. The molecule has 80 valence electrons. The predicted molar refractivity (Wildman–Crippen MR) is 57.1 cm³/mol. The number of amides is 1. The van der Waals surface area contributed by atoms with Crippen LogP contribution in [0.15, 0.2) is 24.4 Å². The zero-order valence-electron chi connectivity index (χ0n) is 8.55. The maximum Gasteiger partial charge on any atom is 0.232 e. The maximum atomic E-state index is 11.7. The molecule has 1 heterocycles. The molecule has 1 aliphatic carbocycles. The fraction of sp³-hybridized carbons (Fsp3) is 0.400. The number of carbonyl (C=O) groups excluding carboxylic acids is 1. The lowest BCUT2D eigenvalue weighted by atomic mass is 10.1. The number of nitrogens with one attached hydrogen (secondary N) is 1. The van der Waals surface area contributed by atoms with E-state index in [0.29, 0.717) is 12.2 Å². The van der Waals surface area contributed by atoms with Gasteiger partial charge in [-0.2, -0.15) is 5.10 Å². The van der Waals surface area contributed by atoms with E-state index in [1.54, 1.807) is 24.0 Å². The second kappa shape index (κ2) is 3.86. The molecule has 5 heteroatoms. The second-order valence-electron chi connectivity index (χ2n) is 3.75. The van der Waals surface area contributed by atoms with Crippen molar-refractivity contribution in [1.29, 1.82) is 0 Å². The largest absolute Gasteiger partial charge is 0.324 e. The molecule has 0 bridgehead atoms. The van der Waals surface area contributed by atoms with Gasteiger partial charge >= 0.3 is 0 Å². The van der Waals surface area contributed by atoms with Crippen LogP contribution >= 0.6 is 0 Å². The van der Waals surface area contributed by atoms with Crippen molar-refractivity contribution in [1.82, 2.24) is 9.78 Å². The molecule has 0 fully saturated rings. The lowest BCUT2D eigenvalue weighted by Gasteiger charge is -2.08. The highest BCUT2D eigenvalue weighted by Gasteiger charge is 2.22. The molecular formula is C10H14N4O.